The minimum atomic E-state index is -0.168. The van der Waals surface area contributed by atoms with Crippen molar-refractivity contribution in [3.8, 4) is 0 Å². The van der Waals surface area contributed by atoms with E-state index in [0.29, 0.717) is 5.92 Å². The molecule has 1 unspecified atom stereocenters. The largest absolute Gasteiger partial charge is 0.372 e. The summed E-state index contributed by atoms with van der Waals surface area (Å²) in [5.74, 6) is 0.382. The van der Waals surface area contributed by atoms with E-state index in [1.807, 2.05) is 12.1 Å². The van der Waals surface area contributed by atoms with E-state index < -0.39 is 0 Å². The highest BCUT2D eigenvalue weighted by Gasteiger charge is 2.22. The van der Waals surface area contributed by atoms with Crippen molar-refractivity contribution >= 4 is 5.57 Å². The van der Waals surface area contributed by atoms with Gasteiger partial charge < -0.3 is 10.6 Å². The maximum Gasteiger partial charge on any atom is 0.123 e. The van der Waals surface area contributed by atoms with E-state index in [0.717, 1.165) is 25.1 Å². The SMILES string of the molecule is Fc1ccc(C2=CCCC2CC2=CNCN2)cc1. The van der Waals surface area contributed by atoms with E-state index >= 15 is 0 Å². The molecule has 18 heavy (non-hydrogen) atoms. The first-order valence-corrected chi connectivity index (χ1v) is 6.45. The Bertz CT molecular complexity index is 488. The van der Waals surface area contributed by atoms with Crippen LogP contribution in [0.1, 0.15) is 24.8 Å². The molecular weight excluding hydrogens is 227 g/mol. The van der Waals surface area contributed by atoms with E-state index in [9.17, 15) is 4.39 Å². The lowest BCUT2D eigenvalue weighted by Crippen LogP contribution is -2.15. The number of hydrogen-bond acceptors (Lipinski definition) is 2. The van der Waals surface area contributed by atoms with Crippen LogP contribution < -0.4 is 10.6 Å². The van der Waals surface area contributed by atoms with Gasteiger partial charge in [0.25, 0.3) is 0 Å². The second-order valence-electron chi connectivity index (χ2n) is 4.87. The number of hydrogen-bond donors (Lipinski definition) is 2. The van der Waals surface area contributed by atoms with Crippen LogP contribution in [0.15, 0.2) is 42.2 Å². The highest BCUT2D eigenvalue weighted by molar-refractivity contribution is 5.69. The molecule has 0 aromatic heterocycles. The zero-order valence-electron chi connectivity index (χ0n) is 10.2. The zero-order valence-corrected chi connectivity index (χ0v) is 10.2. The van der Waals surface area contributed by atoms with Crippen molar-refractivity contribution in [1.82, 2.24) is 10.6 Å². The number of benzene rings is 1. The van der Waals surface area contributed by atoms with Crippen LogP contribution in [0.25, 0.3) is 5.57 Å². The Morgan fingerprint density at radius 3 is 2.78 bits per heavy atom. The summed E-state index contributed by atoms with van der Waals surface area (Å²) in [5.41, 5.74) is 3.80. The van der Waals surface area contributed by atoms with Gasteiger partial charge >= 0.3 is 0 Å². The molecule has 3 heteroatoms. The zero-order chi connectivity index (χ0) is 12.4. The minimum absolute atomic E-state index is 0.168. The summed E-state index contributed by atoms with van der Waals surface area (Å²) in [7, 11) is 0. The van der Waals surface area contributed by atoms with Crippen LogP contribution in [0.3, 0.4) is 0 Å². The Kier molecular flexibility index (Phi) is 3.05. The lowest BCUT2D eigenvalue weighted by atomic mass is 9.91. The fourth-order valence-corrected chi connectivity index (χ4v) is 2.76. The molecule has 1 aromatic carbocycles. The predicted octanol–water partition coefficient (Wildman–Crippen LogP) is 3.00. The molecule has 0 spiro atoms. The first kappa shape index (κ1) is 11.3. The number of allylic oxidation sites excluding steroid dienone is 3. The molecular formula is C15H17FN2. The van der Waals surface area contributed by atoms with Crippen LogP contribution in [-0.2, 0) is 0 Å². The van der Waals surface area contributed by atoms with Gasteiger partial charge in [-0.2, -0.15) is 0 Å². The standard InChI is InChI=1S/C15H17FN2/c16-13-6-4-11(5-7-13)15-3-1-2-12(15)8-14-9-17-10-18-14/h3-7,9,12,17-18H,1-2,8,10H2. The van der Waals surface area contributed by atoms with Gasteiger partial charge in [-0.15, -0.1) is 0 Å². The Morgan fingerprint density at radius 1 is 1.22 bits per heavy atom. The Hall–Kier alpha value is -1.77. The van der Waals surface area contributed by atoms with Crippen LogP contribution in [0.4, 0.5) is 4.39 Å². The normalized spacial score (nSPS) is 22.2. The lowest BCUT2D eigenvalue weighted by molar-refractivity contribution is 0.614. The van der Waals surface area contributed by atoms with Crippen molar-refractivity contribution in [2.24, 2.45) is 5.92 Å². The average Bonchev–Trinajstić information content (AvgIpc) is 3.02. The van der Waals surface area contributed by atoms with Gasteiger partial charge in [0.15, 0.2) is 0 Å². The maximum absolute atomic E-state index is 13.0. The summed E-state index contributed by atoms with van der Waals surface area (Å²) in [6.07, 6.45) is 7.70. The van der Waals surface area contributed by atoms with Crippen molar-refractivity contribution in [2.45, 2.75) is 19.3 Å². The van der Waals surface area contributed by atoms with Crippen LogP contribution >= 0.6 is 0 Å². The molecule has 1 heterocycles. The quantitative estimate of drug-likeness (QED) is 0.854. The third kappa shape index (κ3) is 2.26. The van der Waals surface area contributed by atoms with Crippen LogP contribution in [-0.4, -0.2) is 6.67 Å². The van der Waals surface area contributed by atoms with Gasteiger partial charge in [-0.25, -0.2) is 4.39 Å². The van der Waals surface area contributed by atoms with Gasteiger partial charge in [-0.1, -0.05) is 18.2 Å². The number of halogens is 1. The molecule has 0 amide bonds. The molecule has 1 atom stereocenters. The first-order valence-electron chi connectivity index (χ1n) is 6.45. The van der Waals surface area contributed by atoms with Crippen molar-refractivity contribution in [3.05, 3.63) is 53.6 Å². The van der Waals surface area contributed by atoms with Gasteiger partial charge in [-0.3, -0.25) is 0 Å². The minimum Gasteiger partial charge on any atom is -0.372 e. The fourth-order valence-electron chi connectivity index (χ4n) is 2.76. The second kappa shape index (κ2) is 4.84. The van der Waals surface area contributed by atoms with Crippen LogP contribution in [0.2, 0.25) is 0 Å². The smallest absolute Gasteiger partial charge is 0.123 e. The molecule has 0 saturated carbocycles. The van der Waals surface area contributed by atoms with Crippen LogP contribution in [0.5, 0.6) is 0 Å². The van der Waals surface area contributed by atoms with Gasteiger partial charge in [0.05, 0.1) is 6.67 Å². The molecule has 0 saturated heterocycles. The maximum atomic E-state index is 13.0. The summed E-state index contributed by atoms with van der Waals surface area (Å²) in [5, 5.41) is 6.49. The third-order valence-corrected chi connectivity index (χ3v) is 3.66. The summed E-state index contributed by atoms with van der Waals surface area (Å²) < 4.78 is 13.0. The van der Waals surface area contributed by atoms with E-state index in [-0.39, 0.29) is 5.82 Å². The molecule has 1 aliphatic carbocycles. The first-order chi connectivity index (χ1) is 8.83. The highest BCUT2D eigenvalue weighted by Crippen LogP contribution is 2.37. The van der Waals surface area contributed by atoms with E-state index in [2.05, 4.69) is 22.9 Å². The summed E-state index contributed by atoms with van der Waals surface area (Å²) in [6.45, 7) is 0.831. The Morgan fingerprint density at radius 2 is 2.06 bits per heavy atom. The molecule has 0 bridgehead atoms. The molecule has 94 valence electrons. The molecule has 0 radical (unpaired) electrons. The summed E-state index contributed by atoms with van der Waals surface area (Å²) in [4.78, 5) is 0. The lowest BCUT2D eigenvalue weighted by Gasteiger charge is -2.16. The van der Waals surface area contributed by atoms with Crippen LogP contribution in [0, 0.1) is 11.7 Å². The van der Waals surface area contributed by atoms with Gasteiger partial charge in [-0.05, 0) is 48.4 Å². The van der Waals surface area contributed by atoms with Crippen molar-refractivity contribution in [3.63, 3.8) is 0 Å². The molecule has 1 aliphatic heterocycles. The number of nitrogens with one attached hydrogen (secondary N) is 2. The predicted molar refractivity (Wildman–Crippen MR) is 70.9 cm³/mol. The van der Waals surface area contributed by atoms with E-state index in [1.54, 1.807) is 12.1 Å². The highest BCUT2D eigenvalue weighted by atomic mass is 19.1. The Balaban J connectivity index is 1.76. The van der Waals surface area contributed by atoms with Crippen molar-refractivity contribution in [2.75, 3.05) is 6.67 Å². The molecule has 3 rings (SSSR count). The monoisotopic (exact) mass is 244 g/mol. The van der Waals surface area contributed by atoms with Gasteiger partial charge in [0, 0.05) is 11.9 Å². The average molecular weight is 244 g/mol. The van der Waals surface area contributed by atoms with Crippen molar-refractivity contribution in [1.29, 1.82) is 0 Å². The molecule has 0 fully saturated rings. The molecule has 1 aromatic rings. The van der Waals surface area contributed by atoms with Crippen molar-refractivity contribution < 1.29 is 4.39 Å². The Labute approximate surface area is 107 Å². The fraction of sp³-hybridized carbons (Fsp3) is 0.333. The summed E-state index contributed by atoms with van der Waals surface area (Å²) >= 11 is 0. The molecule has 2 nitrogen and oxygen atoms in total. The second-order valence-corrected chi connectivity index (χ2v) is 4.87. The van der Waals surface area contributed by atoms with E-state index in [1.165, 1.54) is 17.7 Å². The third-order valence-electron chi connectivity index (χ3n) is 3.66. The summed E-state index contributed by atoms with van der Waals surface area (Å²) in [6, 6.07) is 6.85. The molecule has 2 N–H and O–H groups in total. The number of rotatable bonds is 3. The topological polar surface area (TPSA) is 24.1 Å². The van der Waals surface area contributed by atoms with Gasteiger partial charge in [0.2, 0.25) is 0 Å². The van der Waals surface area contributed by atoms with Gasteiger partial charge in [0.1, 0.15) is 5.82 Å². The molecule has 2 aliphatic rings. The van der Waals surface area contributed by atoms with E-state index in [4.69, 9.17) is 0 Å².